The van der Waals surface area contributed by atoms with Crippen molar-refractivity contribution in [3.05, 3.63) is 35.9 Å². The van der Waals surface area contributed by atoms with Crippen LogP contribution >= 0.6 is 0 Å². The van der Waals surface area contributed by atoms with E-state index < -0.39 is 0 Å². The highest BCUT2D eigenvalue weighted by molar-refractivity contribution is 5.76. The fourth-order valence-corrected chi connectivity index (χ4v) is 3.97. The SMILES string of the molecule is O=C(CCN(Cc1ccccc1)C1CCCCC1)N1CCNCC1. The molecule has 1 saturated carbocycles. The summed E-state index contributed by atoms with van der Waals surface area (Å²) in [6, 6.07) is 11.3. The normalized spacial score (nSPS) is 19.6. The Balaban J connectivity index is 1.57. The molecule has 0 unspecified atom stereocenters. The predicted octanol–water partition coefficient (Wildman–Crippen LogP) is 2.64. The Morgan fingerprint density at radius 2 is 1.79 bits per heavy atom. The molecule has 1 aliphatic carbocycles. The second kappa shape index (κ2) is 9.19. The Morgan fingerprint density at radius 1 is 1.08 bits per heavy atom. The zero-order chi connectivity index (χ0) is 16.6. The molecule has 24 heavy (non-hydrogen) atoms. The Kier molecular flexibility index (Phi) is 6.67. The van der Waals surface area contributed by atoms with E-state index in [-0.39, 0.29) is 0 Å². The van der Waals surface area contributed by atoms with E-state index in [9.17, 15) is 4.79 Å². The molecule has 132 valence electrons. The number of carbonyl (C=O) groups is 1. The smallest absolute Gasteiger partial charge is 0.223 e. The van der Waals surface area contributed by atoms with Crippen LogP contribution in [0.5, 0.6) is 0 Å². The summed E-state index contributed by atoms with van der Waals surface area (Å²) in [5, 5.41) is 3.31. The van der Waals surface area contributed by atoms with Crippen molar-refractivity contribution in [2.24, 2.45) is 0 Å². The summed E-state index contributed by atoms with van der Waals surface area (Å²) in [4.78, 5) is 17.1. The lowest BCUT2D eigenvalue weighted by atomic mass is 9.93. The minimum atomic E-state index is 0.324. The molecule has 1 aliphatic heterocycles. The summed E-state index contributed by atoms with van der Waals surface area (Å²) in [7, 11) is 0. The van der Waals surface area contributed by atoms with Crippen molar-refractivity contribution in [2.75, 3.05) is 32.7 Å². The zero-order valence-corrected chi connectivity index (χ0v) is 14.8. The number of nitrogens with one attached hydrogen (secondary N) is 1. The van der Waals surface area contributed by atoms with E-state index in [0.29, 0.717) is 18.4 Å². The van der Waals surface area contributed by atoms with Crippen molar-refractivity contribution in [2.45, 2.75) is 51.1 Å². The van der Waals surface area contributed by atoms with Gasteiger partial charge < -0.3 is 10.2 Å². The van der Waals surface area contributed by atoms with E-state index in [0.717, 1.165) is 39.3 Å². The van der Waals surface area contributed by atoms with Crippen LogP contribution in [0.1, 0.15) is 44.1 Å². The van der Waals surface area contributed by atoms with Crippen LogP contribution in [0.3, 0.4) is 0 Å². The molecule has 4 nitrogen and oxygen atoms in total. The first-order valence-electron chi connectivity index (χ1n) is 9.59. The van der Waals surface area contributed by atoms with Crippen LogP contribution in [0.15, 0.2) is 30.3 Å². The van der Waals surface area contributed by atoms with Gasteiger partial charge in [-0.25, -0.2) is 0 Å². The average molecular weight is 329 g/mol. The van der Waals surface area contributed by atoms with Gasteiger partial charge >= 0.3 is 0 Å². The van der Waals surface area contributed by atoms with Crippen LogP contribution in [-0.2, 0) is 11.3 Å². The van der Waals surface area contributed by atoms with Crippen molar-refractivity contribution < 1.29 is 4.79 Å². The van der Waals surface area contributed by atoms with Crippen molar-refractivity contribution >= 4 is 5.91 Å². The van der Waals surface area contributed by atoms with Gasteiger partial charge in [0.25, 0.3) is 0 Å². The summed E-state index contributed by atoms with van der Waals surface area (Å²) in [5.41, 5.74) is 1.36. The average Bonchev–Trinajstić information content (AvgIpc) is 2.67. The number of rotatable bonds is 6. The third-order valence-corrected chi connectivity index (χ3v) is 5.40. The Hall–Kier alpha value is -1.39. The van der Waals surface area contributed by atoms with E-state index in [2.05, 4.69) is 40.5 Å². The van der Waals surface area contributed by atoms with Gasteiger partial charge in [0.2, 0.25) is 5.91 Å². The van der Waals surface area contributed by atoms with Crippen LogP contribution in [-0.4, -0.2) is 54.5 Å². The van der Waals surface area contributed by atoms with Crippen molar-refractivity contribution in [1.29, 1.82) is 0 Å². The van der Waals surface area contributed by atoms with Gasteiger partial charge in [-0.1, -0.05) is 49.6 Å². The van der Waals surface area contributed by atoms with E-state index in [1.54, 1.807) is 0 Å². The maximum Gasteiger partial charge on any atom is 0.223 e. The largest absolute Gasteiger partial charge is 0.340 e. The molecule has 0 radical (unpaired) electrons. The van der Waals surface area contributed by atoms with Gasteiger partial charge in [0.15, 0.2) is 0 Å². The van der Waals surface area contributed by atoms with E-state index >= 15 is 0 Å². The molecule has 1 aromatic carbocycles. The van der Waals surface area contributed by atoms with Crippen molar-refractivity contribution in [3.63, 3.8) is 0 Å². The Labute approximate surface area is 146 Å². The molecule has 1 heterocycles. The number of piperazine rings is 1. The van der Waals surface area contributed by atoms with Crippen LogP contribution < -0.4 is 5.32 Å². The molecular weight excluding hydrogens is 298 g/mol. The molecule has 1 N–H and O–H groups in total. The minimum Gasteiger partial charge on any atom is -0.340 e. The molecule has 1 amide bonds. The lowest BCUT2D eigenvalue weighted by molar-refractivity contribution is -0.132. The van der Waals surface area contributed by atoms with Crippen LogP contribution in [0, 0.1) is 0 Å². The molecule has 0 atom stereocenters. The highest BCUT2D eigenvalue weighted by Crippen LogP contribution is 2.24. The van der Waals surface area contributed by atoms with Gasteiger partial charge in [-0.05, 0) is 18.4 Å². The molecule has 2 fully saturated rings. The lowest BCUT2D eigenvalue weighted by Gasteiger charge is -2.35. The fourth-order valence-electron chi connectivity index (χ4n) is 3.97. The molecule has 0 aromatic heterocycles. The van der Waals surface area contributed by atoms with E-state index in [1.165, 1.54) is 37.7 Å². The third-order valence-electron chi connectivity index (χ3n) is 5.40. The second-order valence-electron chi connectivity index (χ2n) is 7.13. The number of benzene rings is 1. The first-order valence-corrected chi connectivity index (χ1v) is 9.59. The first kappa shape index (κ1) is 17.4. The fraction of sp³-hybridized carbons (Fsp3) is 0.650. The number of nitrogens with zero attached hydrogens (tertiary/aromatic N) is 2. The summed E-state index contributed by atoms with van der Waals surface area (Å²) in [6.07, 6.45) is 7.27. The quantitative estimate of drug-likeness (QED) is 0.871. The van der Waals surface area contributed by atoms with Gasteiger partial charge in [0.1, 0.15) is 0 Å². The van der Waals surface area contributed by atoms with Gasteiger partial charge in [-0.3, -0.25) is 9.69 Å². The van der Waals surface area contributed by atoms with Gasteiger partial charge in [0, 0.05) is 51.7 Å². The summed E-state index contributed by atoms with van der Waals surface area (Å²) in [6.45, 7) is 5.45. The van der Waals surface area contributed by atoms with Gasteiger partial charge in [0.05, 0.1) is 0 Å². The third kappa shape index (κ3) is 5.05. The predicted molar refractivity (Wildman–Crippen MR) is 97.8 cm³/mol. The van der Waals surface area contributed by atoms with Crippen molar-refractivity contribution in [1.82, 2.24) is 15.1 Å². The van der Waals surface area contributed by atoms with Crippen LogP contribution in [0.4, 0.5) is 0 Å². The second-order valence-corrected chi connectivity index (χ2v) is 7.13. The number of amides is 1. The molecule has 3 rings (SSSR count). The van der Waals surface area contributed by atoms with E-state index in [4.69, 9.17) is 0 Å². The Bertz CT molecular complexity index is 493. The van der Waals surface area contributed by atoms with Crippen molar-refractivity contribution in [3.8, 4) is 0 Å². The highest BCUT2D eigenvalue weighted by atomic mass is 16.2. The molecule has 1 aromatic rings. The van der Waals surface area contributed by atoms with Gasteiger partial charge in [-0.15, -0.1) is 0 Å². The Morgan fingerprint density at radius 3 is 2.50 bits per heavy atom. The highest BCUT2D eigenvalue weighted by Gasteiger charge is 2.23. The molecule has 2 aliphatic rings. The molecule has 0 bridgehead atoms. The molecule has 1 saturated heterocycles. The minimum absolute atomic E-state index is 0.324. The van der Waals surface area contributed by atoms with Gasteiger partial charge in [-0.2, -0.15) is 0 Å². The molecular formula is C20H31N3O. The standard InChI is InChI=1S/C20H31N3O/c24-20(22-15-12-21-13-16-22)11-14-23(19-9-5-2-6-10-19)17-18-7-3-1-4-8-18/h1,3-4,7-8,19,21H,2,5-6,9-17H2. The topological polar surface area (TPSA) is 35.6 Å². The summed E-state index contributed by atoms with van der Waals surface area (Å²) < 4.78 is 0. The molecule has 0 spiro atoms. The van der Waals surface area contributed by atoms with Crippen LogP contribution in [0.2, 0.25) is 0 Å². The van der Waals surface area contributed by atoms with E-state index in [1.807, 2.05) is 4.90 Å². The summed E-state index contributed by atoms with van der Waals surface area (Å²) in [5.74, 6) is 0.324. The maximum absolute atomic E-state index is 12.5. The number of carbonyl (C=O) groups excluding carboxylic acids is 1. The number of hydrogen-bond acceptors (Lipinski definition) is 3. The maximum atomic E-state index is 12.5. The molecule has 4 heteroatoms. The monoisotopic (exact) mass is 329 g/mol. The lowest BCUT2D eigenvalue weighted by Crippen LogP contribution is -2.47. The zero-order valence-electron chi connectivity index (χ0n) is 14.8. The van der Waals surface area contributed by atoms with Crippen LogP contribution in [0.25, 0.3) is 0 Å². The summed E-state index contributed by atoms with van der Waals surface area (Å²) >= 11 is 0. The first-order chi connectivity index (χ1) is 11.8. The number of hydrogen-bond donors (Lipinski definition) is 1.